The number of halogens is 1. The van der Waals surface area contributed by atoms with Crippen LogP contribution in [0, 0.1) is 18.3 Å². The molecule has 6 heteroatoms. The molecule has 0 saturated carbocycles. The first-order valence-electron chi connectivity index (χ1n) is 4.89. The Morgan fingerprint density at radius 1 is 1.75 bits per heavy atom. The Balaban J connectivity index is 2.72. The fourth-order valence-electron chi connectivity index (χ4n) is 1.20. The van der Waals surface area contributed by atoms with E-state index in [0.717, 1.165) is 15.2 Å². The minimum atomic E-state index is -0.224. The highest BCUT2D eigenvalue weighted by molar-refractivity contribution is 9.11. The van der Waals surface area contributed by atoms with Crippen molar-refractivity contribution < 1.29 is 4.79 Å². The summed E-state index contributed by atoms with van der Waals surface area (Å²) < 4.78 is 0.731. The van der Waals surface area contributed by atoms with Gasteiger partial charge in [0.2, 0.25) is 0 Å². The highest BCUT2D eigenvalue weighted by atomic mass is 79.9. The molecule has 0 aliphatic carbocycles. The largest absolute Gasteiger partial charge is 0.347 e. The monoisotopic (exact) mass is 301 g/mol. The lowest BCUT2D eigenvalue weighted by atomic mass is 10.1. The van der Waals surface area contributed by atoms with E-state index in [9.17, 15) is 4.79 Å². The average molecular weight is 302 g/mol. The minimum absolute atomic E-state index is 0.105. The van der Waals surface area contributed by atoms with Crippen LogP contribution in [-0.4, -0.2) is 16.9 Å². The van der Waals surface area contributed by atoms with Gasteiger partial charge >= 0.3 is 0 Å². The first-order valence-corrected chi connectivity index (χ1v) is 6.50. The molecule has 0 aliphatic rings. The molecule has 1 atom stereocenters. The molecule has 1 N–H and O–H groups in total. The second-order valence-electron chi connectivity index (χ2n) is 3.30. The number of hydrogen-bond donors (Lipinski definition) is 1. The van der Waals surface area contributed by atoms with Crippen molar-refractivity contribution in [2.24, 2.45) is 0 Å². The van der Waals surface area contributed by atoms with Crippen molar-refractivity contribution in [1.82, 2.24) is 10.3 Å². The zero-order chi connectivity index (χ0) is 12.1. The molecule has 1 heterocycles. The van der Waals surface area contributed by atoms with E-state index in [1.807, 2.05) is 13.8 Å². The van der Waals surface area contributed by atoms with Crippen molar-refractivity contribution >= 4 is 33.2 Å². The van der Waals surface area contributed by atoms with Gasteiger partial charge in [0.05, 0.1) is 17.5 Å². The molecule has 1 aromatic heterocycles. The van der Waals surface area contributed by atoms with Gasteiger partial charge in [-0.05, 0) is 29.3 Å². The summed E-state index contributed by atoms with van der Waals surface area (Å²) in [5.74, 6) is -0.224. The second kappa shape index (κ2) is 5.97. The fourth-order valence-corrected chi connectivity index (χ4v) is 2.81. The molecule has 1 amide bonds. The van der Waals surface area contributed by atoms with E-state index in [4.69, 9.17) is 5.26 Å². The Bertz CT molecular complexity index is 424. The smallest absolute Gasteiger partial charge is 0.272 e. The van der Waals surface area contributed by atoms with Gasteiger partial charge in [0.1, 0.15) is 3.79 Å². The van der Waals surface area contributed by atoms with Crippen LogP contribution < -0.4 is 5.32 Å². The van der Waals surface area contributed by atoms with Gasteiger partial charge in [0.15, 0.2) is 5.69 Å². The number of nitrogens with one attached hydrogen (secondary N) is 1. The van der Waals surface area contributed by atoms with Crippen molar-refractivity contribution in [3.05, 3.63) is 14.5 Å². The Labute approximate surface area is 107 Å². The lowest BCUT2D eigenvalue weighted by Gasteiger charge is -2.12. The van der Waals surface area contributed by atoms with Crippen LogP contribution in [0.25, 0.3) is 0 Å². The van der Waals surface area contributed by atoms with Crippen LogP contribution in [0.5, 0.6) is 0 Å². The first-order chi connectivity index (χ1) is 7.58. The maximum Gasteiger partial charge on any atom is 0.272 e. The number of amides is 1. The van der Waals surface area contributed by atoms with Crippen LogP contribution >= 0.6 is 27.3 Å². The van der Waals surface area contributed by atoms with Crippen molar-refractivity contribution in [2.75, 3.05) is 0 Å². The quantitative estimate of drug-likeness (QED) is 0.929. The highest BCUT2D eigenvalue weighted by Gasteiger charge is 2.17. The molecule has 4 nitrogen and oxygen atoms in total. The van der Waals surface area contributed by atoms with Crippen molar-refractivity contribution in [1.29, 1.82) is 5.26 Å². The normalized spacial score (nSPS) is 11.9. The van der Waals surface area contributed by atoms with E-state index in [2.05, 4.69) is 32.3 Å². The van der Waals surface area contributed by atoms with E-state index < -0.39 is 0 Å². The molecule has 0 spiro atoms. The average Bonchev–Trinajstić information content (AvgIpc) is 2.57. The number of carbonyl (C=O) groups is 1. The third-order valence-corrected chi connectivity index (χ3v) is 3.69. The predicted molar refractivity (Wildman–Crippen MR) is 66.3 cm³/mol. The van der Waals surface area contributed by atoms with Gasteiger partial charge < -0.3 is 5.32 Å². The number of carbonyl (C=O) groups excluding carboxylic acids is 1. The standard InChI is InChI=1S/C10H12BrN3OS/c1-3-7(4-5-12)14-10(15)8-9(11)16-6(2)13-8/h7H,3-4H2,1-2H3,(H,14,15). The number of hydrogen-bond acceptors (Lipinski definition) is 4. The summed E-state index contributed by atoms with van der Waals surface area (Å²) in [4.78, 5) is 16.0. The van der Waals surface area contributed by atoms with E-state index in [1.165, 1.54) is 11.3 Å². The van der Waals surface area contributed by atoms with Gasteiger partial charge in [-0.25, -0.2) is 4.98 Å². The van der Waals surface area contributed by atoms with Crippen LogP contribution in [0.4, 0.5) is 0 Å². The molecule has 0 bridgehead atoms. The maximum absolute atomic E-state index is 11.8. The third kappa shape index (κ3) is 3.29. The Kier molecular flexibility index (Phi) is 4.90. The van der Waals surface area contributed by atoms with E-state index in [-0.39, 0.29) is 11.9 Å². The molecule has 1 unspecified atom stereocenters. The minimum Gasteiger partial charge on any atom is -0.347 e. The summed E-state index contributed by atoms with van der Waals surface area (Å²) in [6, 6.07) is 1.95. The summed E-state index contributed by atoms with van der Waals surface area (Å²) in [6.45, 7) is 3.78. The van der Waals surface area contributed by atoms with E-state index in [0.29, 0.717) is 12.1 Å². The number of thiazole rings is 1. The number of nitrogens with zero attached hydrogens (tertiary/aromatic N) is 2. The van der Waals surface area contributed by atoms with Crippen LogP contribution in [0.15, 0.2) is 3.79 Å². The number of rotatable bonds is 4. The molecule has 0 aromatic carbocycles. The molecule has 0 fully saturated rings. The van der Waals surface area contributed by atoms with Crippen molar-refractivity contribution in [2.45, 2.75) is 32.7 Å². The van der Waals surface area contributed by atoms with Gasteiger partial charge in [-0.2, -0.15) is 5.26 Å². The van der Waals surface area contributed by atoms with Gasteiger partial charge in [0, 0.05) is 6.04 Å². The van der Waals surface area contributed by atoms with Crippen LogP contribution in [-0.2, 0) is 0 Å². The summed E-state index contributed by atoms with van der Waals surface area (Å²) >= 11 is 4.72. The molecular formula is C10H12BrN3OS. The second-order valence-corrected chi connectivity index (χ2v) is 5.82. The van der Waals surface area contributed by atoms with Gasteiger partial charge in [-0.1, -0.05) is 6.92 Å². The molecule has 86 valence electrons. The number of nitriles is 1. The van der Waals surface area contributed by atoms with Crippen LogP contribution in [0.3, 0.4) is 0 Å². The Morgan fingerprint density at radius 2 is 2.44 bits per heavy atom. The molecule has 0 aliphatic heterocycles. The number of aryl methyl sites for hydroxylation is 1. The molecule has 1 rings (SSSR count). The summed E-state index contributed by atoms with van der Waals surface area (Å²) in [7, 11) is 0. The Morgan fingerprint density at radius 3 is 2.88 bits per heavy atom. The first kappa shape index (κ1) is 13.1. The lowest BCUT2D eigenvalue weighted by molar-refractivity contribution is 0.0931. The zero-order valence-corrected chi connectivity index (χ0v) is 11.5. The van der Waals surface area contributed by atoms with Crippen LogP contribution in [0.1, 0.15) is 35.3 Å². The van der Waals surface area contributed by atoms with Crippen molar-refractivity contribution in [3.63, 3.8) is 0 Å². The van der Waals surface area contributed by atoms with Gasteiger partial charge in [-0.15, -0.1) is 11.3 Å². The summed E-state index contributed by atoms with van der Waals surface area (Å²) in [6.07, 6.45) is 1.06. The fraction of sp³-hybridized carbons (Fsp3) is 0.500. The van der Waals surface area contributed by atoms with Gasteiger partial charge in [-0.3, -0.25) is 4.79 Å². The molecule has 1 aromatic rings. The molecule has 16 heavy (non-hydrogen) atoms. The summed E-state index contributed by atoms with van der Waals surface area (Å²) in [5.41, 5.74) is 0.402. The topological polar surface area (TPSA) is 65.8 Å². The van der Waals surface area contributed by atoms with E-state index in [1.54, 1.807) is 0 Å². The number of aromatic nitrogens is 1. The zero-order valence-electron chi connectivity index (χ0n) is 9.08. The summed E-state index contributed by atoms with van der Waals surface area (Å²) in [5, 5.41) is 12.2. The van der Waals surface area contributed by atoms with E-state index >= 15 is 0 Å². The van der Waals surface area contributed by atoms with Crippen LogP contribution in [0.2, 0.25) is 0 Å². The lowest BCUT2D eigenvalue weighted by Crippen LogP contribution is -2.34. The molecule has 0 saturated heterocycles. The SMILES string of the molecule is CCC(CC#N)NC(=O)c1nc(C)sc1Br. The van der Waals surface area contributed by atoms with Gasteiger partial charge in [0.25, 0.3) is 5.91 Å². The predicted octanol–water partition coefficient (Wildman–Crippen LogP) is 2.64. The third-order valence-electron chi connectivity index (χ3n) is 2.07. The molecule has 0 radical (unpaired) electrons. The maximum atomic E-state index is 11.8. The molecular weight excluding hydrogens is 290 g/mol. The van der Waals surface area contributed by atoms with Crippen molar-refractivity contribution in [3.8, 4) is 6.07 Å². The highest BCUT2D eigenvalue weighted by Crippen LogP contribution is 2.24. The Hall–Kier alpha value is -0.930.